The van der Waals surface area contributed by atoms with Gasteiger partial charge in [0.2, 0.25) is 5.91 Å². The smallest absolute Gasteiger partial charge is 0.434 e. The number of esters is 2. The zero-order valence-corrected chi connectivity index (χ0v) is 12.7. The predicted octanol–water partition coefficient (Wildman–Crippen LogP) is 1.64. The minimum absolute atomic E-state index is 0.718. The number of methoxy groups -OCH3 is 2. The Kier molecular flexibility index (Phi) is 6.00. The van der Waals surface area contributed by atoms with E-state index in [4.69, 9.17) is 5.73 Å². The molecule has 1 aromatic rings. The summed E-state index contributed by atoms with van der Waals surface area (Å²) in [5.74, 6) is -4.44. The third-order valence-corrected chi connectivity index (χ3v) is 2.93. The van der Waals surface area contributed by atoms with Crippen molar-refractivity contribution >= 4 is 17.8 Å². The number of aromatic nitrogens is 1. The van der Waals surface area contributed by atoms with Gasteiger partial charge in [-0.05, 0) is 5.56 Å². The second-order valence-corrected chi connectivity index (χ2v) is 4.50. The van der Waals surface area contributed by atoms with Crippen LogP contribution in [0.1, 0.15) is 44.1 Å². The molecule has 1 rings (SSSR count). The summed E-state index contributed by atoms with van der Waals surface area (Å²) in [6.45, 7) is 0. The Hall–Kier alpha value is -2.79. The van der Waals surface area contributed by atoms with Crippen molar-refractivity contribution in [3.8, 4) is 0 Å². The van der Waals surface area contributed by atoms with Crippen molar-refractivity contribution in [2.75, 3.05) is 14.2 Å². The van der Waals surface area contributed by atoms with Crippen LogP contribution < -0.4 is 5.73 Å². The van der Waals surface area contributed by atoms with Gasteiger partial charge < -0.3 is 15.2 Å². The lowest BCUT2D eigenvalue weighted by Crippen LogP contribution is -2.27. The first kappa shape index (κ1) is 20.3. The van der Waals surface area contributed by atoms with E-state index in [0.717, 1.165) is 14.2 Å². The zero-order valence-electron chi connectivity index (χ0n) is 12.7. The zero-order chi connectivity index (χ0) is 19.5. The van der Waals surface area contributed by atoms with Gasteiger partial charge in [0.05, 0.1) is 31.8 Å². The van der Waals surface area contributed by atoms with E-state index in [1.165, 1.54) is 0 Å². The summed E-state index contributed by atoms with van der Waals surface area (Å²) < 4.78 is 74.3. The van der Waals surface area contributed by atoms with Crippen LogP contribution in [0.25, 0.3) is 0 Å². The van der Waals surface area contributed by atoms with E-state index in [0.29, 0.717) is 0 Å². The highest BCUT2D eigenvalue weighted by Gasteiger charge is 2.43. The van der Waals surface area contributed by atoms with Crippen molar-refractivity contribution in [3.63, 3.8) is 0 Å². The van der Waals surface area contributed by atoms with Crippen LogP contribution in [0.3, 0.4) is 0 Å². The number of pyridine rings is 1. The number of ether oxygens (including phenoxy) is 2. The maximum Gasteiger partial charge on any atom is 0.434 e. The molecule has 0 spiro atoms. The van der Waals surface area contributed by atoms with Crippen LogP contribution in [0.4, 0.5) is 22.0 Å². The predicted molar refractivity (Wildman–Crippen MR) is 69.8 cm³/mol. The van der Waals surface area contributed by atoms with Gasteiger partial charge in [0, 0.05) is 0 Å². The highest BCUT2D eigenvalue weighted by molar-refractivity contribution is 6.01. The van der Waals surface area contributed by atoms with Crippen LogP contribution in [0.15, 0.2) is 0 Å². The summed E-state index contributed by atoms with van der Waals surface area (Å²) in [4.78, 5) is 37.4. The van der Waals surface area contributed by atoms with Gasteiger partial charge in [-0.25, -0.2) is 23.4 Å². The van der Waals surface area contributed by atoms with Gasteiger partial charge in [0.15, 0.2) is 5.69 Å². The van der Waals surface area contributed by atoms with Crippen molar-refractivity contribution < 1.29 is 45.8 Å². The summed E-state index contributed by atoms with van der Waals surface area (Å²) in [7, 11) is 1.48. The Morgan fingerprint density at radius 3 is 1.92 bits per heavy atom. The van der Waals surface area contributed by atoms with Gasteiger partial charge >= 0.3 is 18.1 Å². The molecule has 0 radical (unpaired) electrons. The minimum atomic E-state index is -5.35. The molecular weight excluding hydrogens is 359 g/mol. The number of hydrogen-bond donors (Lipinski definition) is 1. The van der Waals surface area contributed by atoms with E-state index in [-0.39, 0.29) is 0 Å². The quantitative estimate of drug-likeness (QED) is 0.624. The van der Waals surface area contributed by atoms with E-state index in [2.05, 4.69) is 14.5 Å². The molecule has 2 N–H and O–H groups in total. The molecule has 0 aromatic carbocycles. The molecule has 7 nitrogen and oxygen atoms in total. The second kappa shape index (κ2) is 7.40. The van der Waals surface area contributed by atoms with Gasteiger partial charge in [-0.3, -0.25) is 4.79 Å². The second-order valence-electron chi connectivity index (χ2n) is 4.50. The van der Waals surface area contributed by atoms with E-state index in [9.17, 15) is 36.3 Å². The highest BCUT2D eigenvalue weighted by Crippen LogP contribution is 2.37. The van der Waals surface area contributed by atoms with E-state index >= 15 is 0 Å². The number of carbonyl (C=O) groups is 3. The van der Waals surface area contributed by atoms with Gasteiger partial charge in [-0.15, -0.1) is 0 Å². The topological polar surface area (TPSA) is 109 Å². The molecule has 25 heavy (non-hydrogen) atoms. The third kappa shape index (κ3) is 4.19. The average Bonchev–Trinajstić information content (AvgIpc) is 2.50. The molecule has 0 unspecified atom stereocenters. The highest BCUT2D eigenvalue weighted by atomic mass is 19.4. The molecule has 0 aliphatic carbocycles. The SMILES string of the molecule is COC(=O)c1c(C(F)F)nc(C(F)(F)F)c(C(=O)OC)c1CC(N)=O. The Morgan fingerprint density at radius 1 is 1.08 bits per heavy atom. The van der Waals surface area contributed by atoms with Crippen molar-refractivity contribution in [3.05, 3.63) is 28.1 Å². The van der Waals surface area contributed by atoms with E-state index in [1.807, 2.05) is 0 Å². The fourth-order valence-corrected chi connectivity index (χ4v) is 2.02. The first-order valence-electron chi connectivity index (χ1n) is 6.32. The van der Waals surface area contributed by atoms with E-state index in [1.54, 1.807) is 0 Å². The minimum Gasteiger partial charge on any atom is -0.465 e. The van der Waals surface area contributed by atoms with Crippen molar-refractivity contribution in [1.29, 1.82) is 0 Å². The Morgan fingerprint density at radius 2 is 1.56 bits per heavy atom. The third-order valence-electron chi connectivity index (χ3n) is 2.93. The van der Waals surface area contributed by atoms with Crippen molar-refractivity contribution in [1.82, 2.24) is 4.98 Å². The van der Waals surface area contributed by atoms with Crippen molar-refractivity contribution in [2.45, 2.75) is 19.0 Å². The van der Waals surface area contributed by atoms with Crippen LogP contribution in [0.2, 0.25) is 0 Å². The van der Waals surface area contributed by atoms with Crippen LogP contribution in [0.5, 0.6) is 0 Å². The van der Waals surface area contributed by atoms with Crippen molar-refractivity contribution in [2.24, 2.45) is 5.73 Å². The molecule has 0 atom stereocenters. The molecule has 138 valence electrons. The molecule has 0 saturated carbocycles. The number of amides is 1. The largest absolute Gasteiger partial charge is 0.465 e. The monoisotopic (exact) mass is 370 g/mol. The number of halogens is 5. The van der Waals surface area contributed by atoms with Crippen LogP contribution in [-0.4, -0.2) is 37.0 Å². The average molecular weight is 370 g/mol. The molecular formula is C13H11F5N2O5. The molecule has 1 heterocycles. The standard InChI is InChI=1S/C13H11F5N2O5/c1-24-11(22)6-4(3-5(19)21)7(12(23)25-2)9(13(16,17)18)20-8(6)10(14)15/h10H,3H2,1-2H3,(H2,19,21). The number of nitrogens with two attached hydrogens (primary N) is 1. The summed E-state index contributed by atoms with van der Waals surface area (Å²) in [5.41, 5.74) is -2.23. The first-order valence-corrected chi connectivity index (χ1v) is 6.32. The fourth-order valence-electron chi connectivity index (χ4n) is 2.02. The number of primary amides is 1. The fraction of sp³-hybridized carbons (Fsp3) is 0.385. The number of alkyl halides is 5. The number of carbonyl (C=O) groups excluding carboxylic acids is 3. The van der Waals surface area contributed by atoms with Gasteiger partial charge in [0.1, 0.15) is 5.69 Å². The molecule has 0 aliphatic rings. The Bertz CT molecular complexity index is 718. The van der Waals surface area contributed by atoms with Crippen LogP contribution >= 0.6 is 0 Å². The summed E-state index contributed by atoms with van der Waals surface area (Å²) in [5, 5.41) is 0. The van der Waals surface area contributed by atoms with E-state index < -0.39 is 64.9 Å². The molecule has 12 heteroatoms. The molecule has 1 aromatic heterocycles. The molecule has 1 amide bonds. The lowest BCUT2D eigenvalue weighted by molar-refractivity contribution is -0.142. The normalized spacial score (nSPS) is 11.4. The molecule has 0 bridgehead atoms. The lowest BCUT2D eigenvalue weighted by Gasteiger charge is -2.19. The molecule has 0 fully saturated rings. The Labute approximate surface area is 136 Å². The number of rotatable bonds is 5. The van der Waals surface area contributed by atoms with Crippen LogP contribution in [0, 0.1) is 0 Å². The number of hydrogen-bond acceptors (Lipinski definition) is 6. The molecule has 0 saturated heterocycles. The van der Waals surface area contributed by atoms with Gasteiger partial charge in [-0.1, -0.05) is 0 Å². The molecule has 0 aliphatic heterocycles. The number of nitrogens with zero attached hydrogens (tertiary/aromatic N) is 1. The Balaban J connectivity index is 4.09. The van der Waals surface area contributed by atoms with Gasteiger partial charge in [-0.2, -0.15) is 13.2 Å². The first-order chi connectivity index (χ1) is 11.4. The maximum atomic E-state index is 13.2. The lowest BCUT2D eigenvalue weighted by atomic mass is 9.94. The summed E-state index contributed by atoms with van der Waals surface area (Å²) in [6, 6.07) is 0. The van der Waals surface area contributed by atoms with Gasteiger partial charge in [0.25, 0.3) is 6.43 Å². The summed E-state index contributed by atoms with van der Waals surface area (Å²) >= 11 is 0. The van der Waals surface area contributed by atoms with Crippen LogP contribution in [-0.2, 0) is 26.9 Å². The maximum absolute atomic E-state index is 13.2. The summed E-state index contributed by atoms with van der Waals surface area (Å²) in [6.07, 6.45) is -10.1.